The molecule has 4 heteroatoms. The van der Waals surface area contributed by atoms with Gasteiger partial charge in [0.25, 0.3) is 0 Å². The summed E-state index contributed by atoms with van der Waals surface area (Å²) in [4.78, 5) is 11.4. The normalized spacial score (nSPS) is 11.0. The van der Waals surface area contributed by atoms with Crippen LogP contribution in [0.15, 0.2) is 30.3 Å². The highest BCUT2D eigenvalue weighted by atomic mass is 15.2. The van der Waals surface area contributed by atoms with E-state index < -0.39 is 0 Å². The summed E-state index contributed by atoms with van der Waals surface area (Å²) in [5.74, 6) is 1.34. The number of rotatable bonds is 5. The van der Waals surface area contributed by atoms with E-state index in [-0.39, 0.29) is 0 Å². The minimum atomic E-state index is 0.390. The molecule has 0 atom stereocenters. The largest absolute Gasteiger partial charge is 0.354 e. The second kappa shape index (κ2) is 6.68. The molecule has 0 radical (unpaired) electrons. The third-order valence-corrected chi connectivity index (χ3v) is 3.45. The van der Waals surface area contributed by atoms with Crippen molar-refractivity contribution in [3.8, 4) is 0 Å². The van der Waals surface area contributed by atoms with Crippen LogP contribution in [0.5, 0.6) is 0 Å². The lowest BCUT2D eigenvalue weighted by Crippen LogP contribution is -2.20. The maximum absolute atomic E-state index is 5.80. The molecule has 0 fully saturated rings. The molecule has 2 rings (SSSR count). The lowest BCUT2D eigenvalue weighted by atomic mass is 10.1. The summed E-state index contributed by atoms with van der Waals surface area (Å²) in [5, 5.41) is 0. The van der Waals surface area contributed by atoms with Gasteiger partial charge < -0.3 is 10.6 Å². The predicted molar refractivity (Wildman–Crippen MR) is 87.3 cm³/mol. The molecule has 0 bridgehead atoms. The van der Waals surface area contributed by atoms with Crippen LogP contribution < -0.4 is 10.6 Å². The highest BCUT2D eigenvalue weighted by Gasteiger charge is 2.10. The van der Waals surface area contributed by atoms with Crippen LogP contribution >= 0.6 is 0 Å². The molecule has 0 aliphatic carbocycles. The number of hydrogen-bond donors (Lipinski definition) is 1. The first-order valence-electron chi connectivity index (χ1n) is 7.34. The Labute approximate surface area is 127 Å². The van der Waals surface area contributed by atoms with Gasteiger partial charge in [0.05, 0.1) is 12.2 Å². The van der Waals surface area contributed by atoms with Crippen molar-refractivity contribution >= 4 is 5.82 Å². The molecule has 0 aliphatic rings. The van der Waals surface area contributed by atoms with Crippen molar-refractivity contribution in [3.05, 3.63) is 53.0 Å². The summed E-state index contributed by atoms with van der Waals surface area (Å²) in [5.41, 5.74) is 10.1. The standard InChI is InChI=1S/C17H24N4/c1-12(2)16-8-14(10-18)9-17(20-16)21(4)11-15-7-5-6-13(3)19-15/h5-9,12H,10-11,18H2,1-4H3. The zero-order valence-electron chi connectivity index (χ0n) is 13.3. The summed E-state index contributed by atoms with van der Waals surface area (Å²) < 4.78 is 0. The minimum absolute atomic E-state index is 0.390. The van der Waals surface area contributed by atoms with Gasteiger partial charge in [-0.2, -0.15) is 0 Å². The van der Waals surface area contributed by atoms with Gasteiger partial charge in [0, 0.05) is 25.0 Å². The number of pyridine rings is 2. The highest BCUT2D eigenvalue weighted by Crippen LogP contribution is 2.20. The Hall–Kier alpha value is -1.94. The molecule has 2 aromatic heterocycles. The Balaban J connectivity index is 2.25. The summed E-state index contributed by atoms with van der Waals surface area (Å²) in [6, 6.07) is 10.2. The molecule has 0 spiro atoms. The van der Waals surface area contributed by atoms with Crippen LogP contribution in [0, 0.1) is 6.92 Å². The molecular formula is C17H24N4. The molecule has 112 valence electrons. The van der Waals surface area contributed by atoms with Gasteiger partial charge in [-0.05, 0) is 42.7 Å². The van der Waals surface area contributed by atoms with Gasteiger partial charge in [0.15, 0.2) is 0 Å². The molecular weight excluding hydrogens is 260 g/mol. The summed E-state index contributed by atoms with van der Waals surface area (Å²) in [6.07, 6.45) is 0. The van der Waals surface area contributed by atoms with Crippen molar-refractivity contribution in [1.82, 2.24) is 9.97 Å². The van der Waals surface area contributed by atoms with Gasteiger partial charge in [-0.1, -0.05) is 19.9 Å². The van der Waals surface area contributed by atoms with E-state index in [0.717, 1.165) is 35.0 Å². The zero-order valence-corrected chi connectivity index (χ0v) is 13.3. The van der Waals surface area contributed by atoms with Gasteiger partial charge in [-0.15, -0.1) is 0 Å². The first kappa shape index (κ1) is 15.4. The fraction of sp³-hybridized carbons (Fsp3) is 0.412. The Morgan fingerprint density at radius 2 is 1.95 bits per heavy atom. The average Bonchev–Trinajstić information content (AvgIpc) is 2.46. The van der Waals surface area contributed by atoms with Crippen LogP contribution in [0.2, 0.25) is 0 Å². The van der Waals surface area contributed by atoms with Crippen molar-refractivity contribution in [3.63, 3.8) is 0 Å². The van der Waals surface area contributed by atoms with Crippen LogP contribution in [0.4, 0.5) is 5.82 Å². The van der Waals surface area contributed by atoms with Crippen LogP contribution in [0.25, 0.3) is 0 Å². The predicted octanol–water partition coefficient (Wildman–Crippen LogP) is 3.00. The van der Waals surface area contributed by atoms with Crippen molar-refractivity contribution in [2.24, 2.45) is 5.73 Å². The first-order valence-corrected chi connectivity index (χ1v) is 7.34. The molecule has 2 aromatic rings. The first-order chi connectivity index (χ1) is 9.99. The minimum Gasteiger partial charge on any atom is -0.354 e. The second-order valence-electron chi connectivity index (χ2n) is 5.74. The highest BCUT2D eigenvalue weighted by molar-refractivity contribution is 5.43. The Kier molecular flexibility index (Phi) is 4.91. The van der Waals surface area contributed by atoms with E-state index in [9.17, 15) is 0 Å². The fourth-order valence-corrected chi connectivity index (χ4v) is 2.21. The van der Waals surface area contributed by atoms with E-state index >= 15 is 0 Å². The van der Waals surface area contributed by atoms with Gasteiger partial charge in [0.1, 0.15) is 5.82 Å². The Morgan fingerprint density at radius 3 is 2.57 bits per heavy atom. The van der Waals surface area contributed by atoms with Gasteiger partial charge in [0.2, 0.25) is 0 Å². The van der Waals surface area contributed by atoms with Crippen LogP contribution in [0.3, 0.4) is 0 Å². The Morgan fingerprint density at radius 1 is 1.19 bits per heavy atom. The molecule has 0 saturated carbocycles. The third kappa shape index (κ3) is 4.02. The third-order valence-electron chi connectivity index (χ3n) is 3.45. The van der Waals surface area contributed by atoms with E-state index in [0.29, 0.717) is 12.5 Å². The molecule has 0 amide bonds. The van der Waals surface area contributed by atoms with E-state index in [1.165, 1.54) is 0 Å². The number of nitrogens with two attached hydrogens (primary N) is 1. The average molecular weight is 284 g/mol. The maximum atomic E-state index is 5.80. The number of aromatic nitrogens is 2. The molecule has 21 heavy (non-hydrogen) atoms. The lowest BCUT2D eigenvalue weighted by molar-refractivity contribution is 0.794. The molecule has 0 saturated heterocycles. The molecule has 2 heterocycles. The zero-order chi connectivity index (χ0) is 15.4. The smallest absolute Gasteiger partial charge is 0.129 e. The van der Waals surface area contributed by atoms with E-state index in [2.05, 4.69) is 35.9 Å². The van der Waals surface area contributed by atoms with Crippen molar-refractivity contribution in [2.75, 3.05) is 11.9 Å². The molecule has 4 nitrogen and oxygen atoms in total. The maximum Gasteiger partial charge on any atom is 0.129 e. The lowest BCUT2D eigenvalue weighted by Gasteiger charge is -2.20. The van der Waals surface area contributed by atoms with Crippen molar-refractivity contribution in [1.29, 1.82) is 0 Å². The van der Waals surface area contributed by atoms with Gasteiger partial charge in [-0.3, -0.25) is 4.98 Å². The second-order valence-corrected chi connectivity index (χ2v) is 5.74. The van der Waals surface area contributed by atoms with Crippen LogP contribution in [0.1, 0.15) is 42.4 Å². The van der Waals surface area contributed by atoms with E-state index in [1.54, 1.807) is 0 Å². The number of aryl methyl sites for hydroxylation is 1. The number of anilines is 1. The SMILES string of the molecule is Cc1cccc(CN(C)c2cc(CN)cc(C(C)C)n2)n1. The number of hydrogen-bond acceptors (Lipinski definition) is 4. The molecule has 2 N–H and O–H groups in total. The van der Waals surface area contributed by atoms with Gasteiger partial charge >= 0.3 is 0 Å². The van der Waals surface area contributed by atoms with E-state index in [1.807, 2.05) is 32.2 Å². The van der Waals surface area contributed by atoms with Crippen LogP contribution in [-0.2, 0) is 13.1 Å². The monoisotopic (exact) mass is 284 g/mol. The fourth-order valence-electron chi connectivity index (χ4n) is 2.21. The molecule has 0 aliphatic heterocycles. The Bertz CT molecular complexity index is 607. The number of nitrogens with zero attached hydrogens (tertiary/aromatic N) is 3. The van der Waals surface area contributed by atoms with Crippen molar-refractivity contribution in [2.45, 2.75) is 39.8 Å². The summed E-state index contributed by atoms with van der Waals surface area (Å²) >= 11 is 0. The van der Waals surface area contributed by atoms with Crippen molar-refractivity contribution < 1.29 is 0 Å². The topological polar surface area (TPSA) is 55.0 Å². The quantitative estimate of drug-likeness (QED) is 0.917. The van der Waals surface area contributed by atoms with Gasteiger partial charge in [-0.25, -0.2) is 4.98 Å². The van der Waals surface area contributed by atoms with Crippen LogP contribution in [-0.4, -0.2) is 17.0 Å². The summed E-state index contributed by atoms with van der Waals surface area (Å²) in [7, 11) is 2.04. The van der Waals surface area contributed by atoms with E-state index in [4.69, 9.17) is 10.7 Å². The molecule has 0 aromatic carbocycles. The molecule has 0 unspecified atom stereocenters. The summed E-state index contributed by atoms with van der Waals surface area (Å²) in [6.45, 7) is 7.57.